The third-order valence-corrected chi connectivity index (χ3v) is 1.21. The molecule has 0 heterocycles. The molecule has 0 radical (unpaired) electrons. The number of hydrazine groups is 1. The fraction of sp³-hybridized carbons (Fsp3) is 0.500. The van der Waals surface area contributed by atoms with Crippen molar-refractivity contribution in [2.45, 2.75) is 6.42 Å². The van der Waals surface area contributed by atoms with Crippen LogP contribution in [0.1, 0.15) is 6.42 Å². The molecule has 0 spiro atoms. The van der Waals surface area contributed by atoms with E-state index in [0.717, 1.165) is 0 Å². The molecule has 7 heteroatoms. The summed E-state index contributed by atoms with van der Waals surface area (Å²) in [7, 11) is 1.45. The number of amides is 3. The Hall–Kier alpha value is -1.63. The van der Waals surface area contributed by atoms with Gasteiger partial charge in [-0.25, -0.2) is 5.84 Å². The lowest BCUT2D eigenvalue weighted by atomic mass is 10.4. The van der Waals surface area contributed by atoms with Gasteiger partial charge in [-0.3, -0.25) is 19.8 Å². The van der Waals surface area contributed by atoms with E-state index in [1.54, 1.807) is 5.43 Å². The van der Waals surface area contributed by atoms with Gasteiger partial charge >= 0.3 is 0 Å². The molecular formula is C6H12N4O3. The zero-order valence-corrected chi connectivity index (χ0v) is 7.22. The van der Waals surface area contributed by atoms with E-state index in [0.29, 0.717) is 0 Å². The van der Waals surface area contributed by atoms with Crippen LogP contribution in [0.25, 0.3) is 0 Å². The maximum absolute atomic E-state index is 10.8. The van der Waals surface area contributed by atoms with E-state index < -0.39 is 11.8 Å². The molecule has 3 amide bonds. The van der Waals surface area contributed by atoms with E-state index in [2.05, 4.69) is 10.6 Å². The second-order valence-corrected chi connectivity index (χ2v) is 2.19. The van der Waals surface area contributed by atoms with Crippen LogP contribution in [0.5, 0.6) is 0 Å². The first-order valence-corrected chi connectivity index (χ1v) is 3.57. The Morgan fingerprint density at radius 3 is 2.23 bits per heavy atom. The van der Waals surface area contributed by atoms with Crippen molar-refractivity contribution in [3.05, 3.63) is 0 Å². The summed E-state index contributed by atoms with van der Waals surface area (Å²) in [6, 6.07) is 0. The van der Waals surface area contributed by atoms with Gasteiger partial charge in [0.15, 0.2) is 0 Å². The van der Waals surface area contributed by atoms with Crippen molar-refractivity contribution >= 4 is 17.7 Å². The normalized spacial score (nSPS) is 8.77. The number of carbonyl (C=O) groups is 3. The first-order chi connectivity index (χ1) is 6.10. The molecule has 0 aliphatic heterocycles. The highest BCUT2D eigenvalue weighted by Gasteiger charge is 2.08. The van der Waals surface area contributed by atoms with Crippen LogP contribution in [0, 0.1) is 0 Å². The van der Waals surface area contributed by atoms with Gasteiger partial charge in [-0.1, -0.05) is 0 Å². The Bertz CT molecular complexity index is 216. The first-order valence-electron chi connectivity index (χ1n) is 3.57. The minimum Gasteiger partial charge on any atom is -0.358 e. The molecule has 0 atom stereocenters. The van der Waals surface area contributed by atoms with E-state index in [9.17, 15) is 14.4 Å². The molecule has 7 nitrogen and oxygen atoms in total. The molecule has 0 aliphatic carbocycles. The van der Waals surface area contributed by atoms with Crippen LogP contribution in [0.15, 0.2) is 0 Å². The molecule has 74 valence electrons. The van der Waals surface area contributed by atoms with Gasteiger partial charge in [0.2, 0.25) is 17.7 Å². The van der Waals surface area contributed by atoms with Crippen molar-refractivity contribution in [1.29, 1.82) is 0 Å². The van der Waals surface area contributed by atoms with E-state index in [-0.39, 0.29) is 18.9 Å². The van der Waals surface area contributed by atoms with Crippen molar-refractivity contribution in [3.63, 3.8) is 0 Å². The van der Waals surface area contributed by atoms with Gasteiger partial charge in [-0.05, 0) is 0 Å². The fourth-order valence-corrected chi connectivity index (χ4v) is 0.527. The summed E-state index contributed by atoms with van der Waals surface area (Å²) in [5.74, 6) is 3.26. The van der Waals surface area contributed by atoms with Crippen molar-refractivity contribution in [2.24, 2.45) is 5.84 Å². The monoisotopic (exact) mass is 188 g/mol. The van der Waals surface area contributed by atoms with Crippen LogP contribution in [0.3, 0.4) is 0 Å². The average molecular weight is 188 g/mol. The van der Waals surface area contributed by atoms with E-state index in [4.69, 9.17) is 5.84 Å². The lowest BCUT2D eigenvalue weighted by molar-refractivity contribution is -0.131. The molecule has 5 N–H and O–H groups in total. The number of hydrogen-bond acceptors (Lipinski definition) is 4. The third kappa shape index (κ3) is 5.62. The van der Waals surface area contributed by atoms with Crippen LogP contribution < -0.4 is 21.9 Å². The number of hydrogen-bond donors (Lipinski definition) is 4. The van der Waals surface area contributed by atoms with Crippen LogP contribution in [0.2, 0.25) is 0 Å². The molecule has 0 unspecified atom stereocenters. The summed E-state index contributed by atoms with van der Waals surface area (Å²) < 4.78 is 0. The van der Waals surface area contributed by atoms with Crippen molar-refractivity contribution in [1.82, 2.24) is 16.1 Å². The lowest BCUT2D eigenvalue weighted by Crippen LogP contribution is -2.39. The predicted molar refractivity (Wildman–Crippen MR) is 44.0 cm³/mol. The molecule has 0 aromatic heterocycles. The molecule has 0 saturated heterocycles. The summed E-state index contributed by atoms with van der Waals surface area (Å²) in [4.78, 5) is 32.0. The molecule has 0 aromatic carbocycles. The van der Waals surface area contributed by atoms with Gasteiger partial charge in [0, 0.05) is 7.05 Å². The van der Waals surface area contributed by atoms with Gasteiger partial charge in [-0.15, -0.1) is 0 Å². The van der Waals surface area contributed by atoms with Crippen molar-refractivity contribution < 1.29 is 14.4 Å². The van der Waals surface area contributed by atoms with Crippen LogP contribution in [-0.2, 0) is 14.4 Å². The molecule has 0 bridgehead atoms. The van der Waals surface area contributed by atoms with Crippen LogP contribution >= 0.6 is 0 Å². The molecule has 13 heavy (non-hydrogen) atoms. The topological polar surface area (TPSA) is 113 Å². The summed E-state index contributed by atoms with van der Waals surface area (Å²) >= 11 is 0. The molecule has 0 saturated carbocycles. The Kier molecular flexibility index (Phi) is 5.20. The van der Waals surface area contributed by atoms with Gasteiger partial charge < -0.3 is 10.6 Å². The largest absolute Gasteiger partial charge is 0.358 e. The molecular weight excluding hydrogens is 176 g/mol. The highest BCUT2D eigenvalue weighted by atomic mass is 16.2. The third-order valence-electron chi connectivity index (χ3n) is 1.21. The van der Waals surface area contributed by atoms with Gasteiger partial charge in [0.1, 0.15) is 6.42 Å². The first kappa shape index (κ1) is 11.4. The number of nitrogens with one attached hydrogen (secondary N) is 3. The number of rotatable bonds is 4. The molecule has 0 aromatic rings. The fourth-order valence-electron chi connectivity index (χ4n) is 0.527. The van der Waals surface area contributed by atoms with Crippen LogP contribution in [-0.4, -0.2) is 31.3 Å². The smallest absolute Gasteiger partial charge is 0.243 e. The Morgan fingerprint density at radius 2 is 1.77 bits per heavy atom. The average Bonchev–Trinajstić information content (AvgIpc) is 2.13. The van der Waals surface area contributed by atoms with E-state index >= 15 is 0 Å². The zero-order chi connectivity index (χ0) is 10.3. The quantitative estimate of drug-likeness (QED) is 0.165. The maximum atomic E-state index is 10.8. The van der Waals surface area contributed by atoms with E-state index in [1.165, 1.54) is 7.05 Å². The lowest BCUT2D eigenvalue weighted by Gasteiger charge is -2.02. The Labute approximate surface area is 75.0 Å². The highest BCUT2D eigenvalue weighted by molar-refractivity contribution is 5.97. The minimum atomic E-state index is -0.602. The van der Waals surface area contributed by atoms with E-state index in [1.807, 2.05) is 0 Å². The predicted octanol–water partition coefficient (Wildman–Crippen LogP) is -2.77. The molecule has 0 rings (SSSR count). The summed E-state index contributed by atoms with van der Waals surface area (Å²) in [6.07, 6.45) is -0.381. The molecule has 0 fully saturated rings. The zero-order valence-electron chi connectivity index (χ0n) is 7.22. The van der Waals surface area contributed by atoms with Crippen LogP contribution in [0.4, 0.5) is 0 Å². The summed E-state index contributed by atoms with van der Waals surface area (Å²) in [5.41, 5.74) is 1.80. The number of likely N-dealkylation sites (N-methyl/N-ethyl adjacent to an activating group) is 1. The highest BCUT2D eigenvalue weighted by Crippen LogP contribution is 1.77. The number of carbonyl (C=O) groups excluding carboxylic acids is 3. The Balaban J connectivity index is 3.63. The SMILES string of the molecule is CNC(=O)CNC(=O)CC(=O)NN. The second kappa shape index (κ2) is 5.95. The summed E-state index contributed by atoms with van der Waals surface area (Å²) in [5, 5.41) is 4.54. The second-order valence-electron chi connectivity index (χ2n) is 2.19. The van der Waals surface area contributed by atoms with Gasteiger partial charge in [0.05, 0.1) is 6.54 Å². The maximum Gasteiger partial charge on any atom is 0.243 e. The van der Waals surface area contributed by atoms with Gasteiger partial charge in [0.25, 0.3) is 0 Å². The Morgan fingerprint density at radius 1 is 1.15 bits per heavy atom. The van der Waals surface area contributed by atoms with Gasteiger partial charge in [-0.2, -0.15) is 0 Å². The number of nitrogens with two attached hydrogens (primary N) is 1. The van der Waals surface area contributed by atoms with Crippen molar-refractivity contribution in [2.75, 3.05) is 13.6 Å². The molecule has 0 aliphatic rings. The standard InChI is InChI=1S/C6H12N4O3/c1-8-6(13)3-9-4(11)2-5(12)10-7/h2-3,7H2,1H3,(H,8,13)(H,9,11)(H,10,12). The summed E-state index contributed by atoms with van der Waals surface area (Å²) in [6.45, 7) is -0.146. The minimum absolute atomic E-state index is 0.146. The van der Waals surface area contributed by atoms with Crippen molar-refractivity contribution in [3.8, 4) is 0 Å².